The Morgan fingerprint density at radius 2 is 1.88 bits per heavy atom. The average molecular weight is 326 g/mol. The number of aromatic nitrogens is 2. The minimum atomic E-state index is 0.334. The van der Waals surface area contributed by atoms with Crippen LogP contribution in [0.2, 0.25) is 0 Å². The molecular weight excluding hydrogens is 304 g/mol. The Labute approximate surface area is 141 Å². The van der Waals surface area contributed by atoms with E-state index in [1.807, 2.05) is 12.1 Å². The van der Waals surface area contributed by atoms with Crippen LogP contribution in [0, 0.1) is 0 Å². The summed E-state index contributed by atoms with van der Waals surface area (Å²) in [5.74, 6) is 2.58. The summed E-state index contributed by atoms with van der Waals surface area (Å²) in [5, 5.41) is 3.57. The van der Waals surface area contributed by atoms with Crippen LogP contribution in [0.1, 0.15) is 24.2 Å². The first-order valence-electron chi connectivity index (χ1n) is 8.47. The van der Waals surface area contributed by atoms with E-state index >= 15 is 0 Å². The Morgan fingerprint density at radius 1 is 1.08 bits per heavy atom. The topological polar surface area (TPSA) is 59.5 Å². The van der Waals surface area contributed by atoms with Crippen LogP contribution in [0.4, 0.5) is 0 Å². The van der Waals surface area contributed by atoms with Crippen molar-refractivity contribution >= 4 is 0 Å². The lowest BCUT2D eigenvalue weighted by Gasteiger charge is -2.32. The zero-order valence-electron chi connectivity index (χ0n) is 13.6. The zero-order chi connectivity index (χ0) is 16.2. The van der Waals surface area contributed by atoms with Crippen molar-refractivity contribution in [2.45, 2.75) is 32.0 Å². The molecule has 2 aliphatic heterocycles. The molecule has 0 radical (unpaired) electrons. The fraction of sp³-hybridized carbons (Fsp3) is 0.444. The SMILES string of the molecule is c1cnc(CNC2CCN(Cc3ccc4c(c3)OCO4)CC2)nc1. The lowest BCUT2D eigenvalue weighted by Crippen LogP contribution is -2.42. The van der Waals surface area contributed by atoms with Gasteiger partial charge in [0.2, 0.25) is 6.79 Å². The van der Waals surface area contributed by atoms with E-state index in [0.717, 1.165) is 56.3 Å². The molecule has 24 heavy (non-hydrogen) atoms. The number of ether oxygens (including phenoxy) is 2. The molecule has 0 saturated carbocycles. The Bertz CT molecular complexity index is 672. The van der Waals surface area contributed by atoms with Gasteiger partial charge in [-0.15, -0.1) is 0 Å². The van der Waals surface area contributed by atoms with E-state index in [-0.39, 0.29) is 0 Å². The maximum absolute atomic E-state index is 5.46. The van der Waals surface area contributed by atoms with Gasteiger partial charge < -0.3 is 14.8 Å². The lowest BCUT2D eigenvalue weighted by molar-refractivity contribution is 0.173. The third kappa shape index (κ3) is 3.66. The van der Waals surface area contributed by atoms with E-state index in [4.69, 9.17) is 9.47 Å². The van der Waals surface area contributed by atoms with Gasteiger partial charge in [0.05, 0.1) is 6.54 Å². The van der Waals surface area contributed by atoms with Crippen molar-refractivity contribution in [3.8, 4) is 11.5 Å². The summed E-state index contributed by atoms with van der Waals surface area (Å²) >= 11 is 0. The van der Waals surface area contributed by atoms with E-state index in [2.05, 4.69) is 32.3 Å². The van der Waals surface area contributed by atoms with Crippen LogP contribution < -0.4 is 14.8 Å². The van der Waals surface area contributed by atoms with Crippen LogP contribution in [0.5, 0.6) is 11.5 Å². The molecule has 0 aliphatic carbocycles. The minimum absolute atomic E-state index is 0.334. The molecule has 1 aromatic carbocycles. The van der Waals surface area contributed by atoms with Crippen molar-refractivity contribution in [1.82, 2.24) is 20.2 Å². The molecule has 0 bridgehead atoms. The third-order valence-corrected chi connectivity index (χ3v) is 4.60. The molecular formula is C18H22N4O2. The summed E-state index contributed by atoms with van der Waals surface area (Å²) in [5.41, 5.74) is 1.28. The van der Waals surface area contributed by atoms with E-state index in [9.17, 15) is 0 Å². The number of fused-ring (bicyclic) bond motifs is 1. The fourth-order valence-corrected chi connectivity index (χ4v) is 3.25. The number of piperidine rings is 1. The summed E-state index contributed by atoms with van der Waals surface area (Å²) in [6.45, 7) is 4.24. The van der Waals surface area contributed by atoms with E-state index in [0.29, 0.717) is 12.8 Å². The van der Waals surface area contributed by atoms with Gasteiger partial charge in [-0.05, 0) is 49.7 Å². The van der Waals surface area contributed by atoms with Gasteiger partial charge in [0.1, 0.15) is 5.82 Å². The molecule has 0 spiro atoms. The molecule has 1 N–H and O–H groups in total. The minimum Gasteiger partial charge on any atom is -0.454 e. The highest BCUT2D eigenvalue weighted by molar-refractivity contribution is 5.44. The van der Waals surface area contributed by atoms with Crippen molar-refractivity contribution in [3.05, 3.63) is 48.0 Å². The van der Waals surface area contributed by atoms with Gasteiger partial charge in [0.25, 0.3) is 0 Å². The largest absolute Gasteiger partial charge is 0.454 e. The van der Waals surface area contributed by atoms with Crippen molar-refractivity contribution < 1.29 is 9.47 Å². The molecule has 1 saturated heterocycles. The van der Waals surface area contributed by atoms with Gasteiger partial charge in [-0.3, -0.25) is 4.90 Å². The van der Waals surface area contributed by atoms with Gasteiger partial charge in [0.15, 0.2) is 11.5 Å². The number of rotatable bonds is 5. The number of likely N-dealkylation sites (tertiary alicyclic amines) is 1. The monoisotopic (exact) mass is 326 g/mol. The zero-order valence-corrected chi connectivity index (χ0v) is 13.6. The number of hydrogen-bond acceptors (Lipinski definition) is 6. The van der Waals surface area contributed by atoms with Gasteiger partial charge >= 0.3 is 0 Å². The van der Waals surface area contributed by atoms with E-state index < -0.39 is 0 Å². The van der Waals surface area contributed by atoms with Crippen molar-refractivity contribution in [3.63, 3.8) is 0 Å². The molecule has 0 unspecified atom stereocenters. The maximum atomic E-state index is 5.46. The highest BCUT2D eigenvalue weighted by Gasteiger charge is 2.20. The first-order valence-corrected chi connectivity index (χ1v) is 8.47. The predicted molar refractivity (Wildman–Crippen MR) is 89.7 cm³/mol. The quantitative estimate of drug-likeness (QED) is 0.906. The van der Waals surface area contributed by atoms with E-state index in [1.165, 1.54) is 5.56 Å². The highest BCUT2D eigenvalue weighted by atomic mass is 16.7. The molecule has 6 heteroatoms. The van der Waals surface area contributed by atoms with Gasteiger partial charge in [-0.2, -0.15) is 0 Å². The Kier molecular flexibility index (Phi) is 4.57. The Hall–Kier alpha value is -2.18. The first kappa shape index (κ1) is 15.4. The van der Waals surface area contributed by atoms with Crippen LogP contribution in [0.15, 0.2) is 36.7 Å². The molecule has 0 amide bonds. The molecule has 3 heterocycles. The second-order valence-corrected chi connectivity index (χ2v) is 6.28. The van der Waals surface area contributed by atoms with Gasteiger partial charge in [-0.25, -0.2) is 9.97 Å². The van der Waals surface area contributed by atoms with Crippen molar-refractivity contribution in [2.75, 3.05) is 19.9 Å². The summed E-state index contributed by atoms with van der Waals surface area (Å²) < 4.78 is 10.8. The highest BCUT2D eigenvalue weighted by Crippen LogP contribution is 2.33. The number of hydrogen-bond donors (Lipinski definition) is 1. The van der Waals surface area contributed by atoms with Crippen LogP contribution in [0.3, 0.4) is 0 Å². The van der Waals surface area contributed by atoms with Crippen LogP contribution >= 0.6 is 0 Å². The second kappa shape index (κ2) is 7.15. The summed E-state index contributed by atoms with van der Waals surface area (Å²) in [6.07, 6.45) is 5.88. The molecule has 2 aromatic rings. The number of nitrogens with one attached hydrogen (secondary N) is 1. The second-order valence-electron chi connectivity index (χ2n) is 6.28. The fourth-order valence-electron chi connectivity index (χ4n) is 3.25. The normalized spacial score (nSPS) is 18.0. The maximum Gasteiger partial charge on any atom is 0.231 e. The summed E-state index contributed by atoms with van der Waals surface area (Å²) in [7, 11) is 0. The van der Waals surface area contributed by atoms with Gasteiger partial charge in [-0.1, -0.05) is 6.07 Å². The van der Waals surface area contributed by atoms with Crippen LogP contribution in [0.25, 0.3) is 0 Å². The molecule has 4 rings (SSSR count). The summed E-state index contributed by atoms with van der Waals surface area (Å²) in [4.78, 5) is 11.0. The number of nitrogens with zero attached hydrogens (tertiary/aromatic N) is 3. The molecule has 6 nitrogen and oxygen atoms in total. The molecule has 126 valence electrons. The average Bonchev–Trinajstić information content (AvgIpc) is 3.10. The summed E-state index contributed by atoms with van der Waals surface area (Å²) in [6, 6.07) is 8.62. The van der Waals surface area contributed by atoms with Crippen LogP contribution in [-0.2, 0) is 13.1 Å². The Balaban J connectivity index is 1.24. The standard InChI is InChI=1S/C18H22N4O2/c1-6-19-18(20-7-1)11-21-15-4-8-22(9-5-15)12-14-2-3-16-17(10-14)24-13-23-16/h1-3,6-7,10,15,21H,4-5,8-9,11-13H2. The van der Waals surface area contributed by atoms with Crippen molar-refractivity contribution in [2.24, 2.45) is 0 Å². The van der Waals surface area contributed by atoms with Crippen molar-refractivity contribution in [1.29, 1.82) is 0 Å². The van der Waals surface area contributed by atoms with Gasteiger partial charge in [0, 0.05) is 25.0 Å². The smallest absolute Gasteiger partial charge is 0.231 e. The van der Waals surface area contributed by atoms with E-state index in [1.54, 1.807) is 12.4 Å². The predicted octanol–water partition coefficient (Wildman–Crippen LogP) is 1.96. The molecule has 1 aromatic heterocycles. The molecule has 0 atom stereocenters. The lowest BCUT2D eigenvalue weighted by atomic mass is 10.0. The first-order chi connectivity index (χ1) is 11.9. The Morgan fingerprint density at radius 3 is 2.71 bits per heavy atom. The third-order valence-electron chi connectivity index (χ3n) is 4.60. The molecule has 1 fully saturated rings. The van der Waals surface area contributed by atoms with Crippen LogP contribution in [-0.4, -0.2) is 40.8 Å². The molecule has 2 aliphatic rings. The number of benzene rings is 1.